The second kappa shape index (κ2) is 23.3. The van der Waals surface area contributed by atoms with Crippen LogP contribution in [0.1, 0.15) is 188 Å². The highest BCUT2D eigenvalue weighted by Crippen LogP contribution is 2.59. The largest absolute Gasteiger partial charge is 0.483 e. The average Bonchev–Trinajstić information content (AvgIpc) is 1.68. The Morgan fingerprint density at radius 1 is 0.786 bits per heavy atom. The third kappa shape index (κ3) is 9.88. The molecule has 3 aliphatic heterocycles. The van der Waals surface area contributed by atoms with Crippen molar-refractivity contribution in [1.82, 2.24) is 0 Å². The summed E-state index contributed by atoms with van der Waals surface area (Å²) in [6.45, 7) is 2.66. The molecule has 11 nitrogen and oxygen atoms in total. The lowest BCUT2D eigenvalue weighted by molar-refractivity contribution is -0.199. The Bertz CT molecular complexity index is 3590. The molecule has 0 amide bonds. The van der Waals surface area contributed by atoms with Crippen molar-refractivity contribution in [2.45, 2.75) is 164 Å². The van der Waals surface area contributed by atoms with E-state index >= 15 is 9.59 Å². The van der Waals surface area contributed by atoms with Crippen LogP contribution in [0.15, 0.2) is 136 Å². The maximum absolute atomic E-state index is 15.8. The Kier molecular flexibility index (Phi) is 15.7. The van der Waals surface area contributed by atoms with E-state index < -0.39 is 47.9 Å². The molecule has 12 atom stereocenters. The number of hydrogen-bond acceptors (Lipinski definition) is 11. The molecule has 5 aromatic carbocycles. The van der Waals surface area contributed by atoms with Crippen LogP contribution in [0.25, 0.3) is 17.0 Å². The second-order valence-corrected chi connectivity index (χ2v) is 25.9. The summed E-state index contributed by atoms with van der Waals surface area (Å²) in [6, 6.07) is 39.3. The molecule has 11 heteroatoms. The summed E-state index contributed by atoms with van der Waals surface area (Å²) in [6.07, 6.45) is 14.0. The summed E-state index contributed by atoms with van der Waals surface area (Å²) in [5, 5.41) is 32.5. The fraction of sp³-hybridized carbons (Fsp3) is 0.466. The number of aliphatic hydroxyl groups is 3. The Hall–Kier alpha value is -6.63. The minimum absolute atomic E-state index is 0.0265. The number of allylic oxidation sites excluding steroid dienone is 1. The number of esters is 2. The summed E-state index contributed by atoms with van der Waals surface area (Å²) in [4.78, 5) is 45.8. The fourth-order valence-electron chi connectivity index (χ4n) is 17.4. The molecular weight excluding hydrogens is 1050 g/mol. The number of hydrogen-bond donors (Lipinski definition) is 3. The van der Waals surface area contributed by atoms with Gasteiger partial charge in [0.2, 0.25) is 0 Å². The van der Waals surface area contributed by atoms with Gasteiger partial charge in [-0.3, -0.25) is 4.79 Å². The first-order chi connectivity index (χ1) is 40.9. The highest BCUT2D eigenvalue weighted by atomic mass is 16.6. The van der Waals surface area contributed by atoms with Crippen molar-refractivity contribution in [1.29, 1.82) is 0 Å². The first-order valence-corrected chi connectivity index (χ1v) is 31.2. The molecule has 3 saturated carbocycles. The van der Waals surface area contributed by atoms with Crippen molar-refractivity contribution in [3.8, 4) is 5.75 Å². The number of carbonyl (C=O) groups is 2. The molecule has 2 bridgehead atoms. The van der Waals surface area contributed by atoms with Gasteiger partial charge in [-0.2, -0.15) is 0 Å². The Labute approximate surface area is 493 Å². The predicted octanol–water partition coefficient (Wildman–Crippen LogP) is 13.3. The zero-order valence-corrected chi connectivity index (χ0v) is 48.9. The second-order valence-electron chi connectivity index (χ2n) is 25.9. The van der Waals surface area contributed by atoms with Crippen LogP contribution in [0.5, 0.6) is 5.75 Å². The molecular formula is C73H80O11. The van der Waals surface area contributed by atoms with E-state index in [0.29, 0.717) is 53.0 Å². The summed E-state index contributed by atoms with van der Waals surface area (Å²) in [5.41, 5.74) is 9.82. The first kappa shape index (κ1) is 56.5. The van der Waals surface area contributed by atoms with Gasteiger partial charge in [0.1, 0.15) is 16.9 Å². The van der Waals surface area contributed by atoms with Crippen LogP contribution >= 0.6 is 0 Å². The van der Waals surface area contributed by atoms with Gasteiger partial charge in [0.05, 0.1) is 25.4 Å². The molecule has 84 heavy (non-hydrogen) atoms. The van der Waals surface area contributed by atoms with Gasteiger partial charge >= 0.3 is 17.6 Å². The molecule has 0 saturated heterocycles. The topological polar surface area (TPSA) is 162 Å². The minimum Gasteiger partial charge on any atom is -0.483 e. The summed E-state index contributed by atoms with van der Waals surface area (Å²) >= 11 is 0. The number of benzene rings is 5. The van der Waals surface area contributed by atoms with Crippen LogP contribution in [0, 0.1) is 23.7 Å². The lowest BCUT2D eigenvalue weighted by atomic mass is 9.54. The molecule has 4 heterocycles. The predicted molar refractivity (Wildman–Crippen MR) is 323 cm³/mol. The van der Waals surface area contributed by atoms with Crippen molar-refractivity contribution in [3.63, 3.8) is 0 Å². The Morgan fingerprint density at radius 2 is 1.62 bits per heavy atom. The molecule has 3 fully saturated rings. The van der Waals surface area contributed by atoms with Crippen molar-refractivity contribution in [2.75, 3.05) is 26.9 Å². The number of aliphatic hydroxyl groups excluding tert-OH is 3. The normalized spacial score (nSPS) is 30.0. The number of aryl methyl sites for hydroxylation is 2. The van der Waals surface area contributed by atoms with Gasteiger partial charge in [0, 0.05) is 53.9 Å². The maximum Gasteiger partial charge on any atom is 0.340 e. The molecule has 1 aromatic heterocycles. The maximum atomic E-state index is 15.8. The van der Waals surface area contributed by atoms with Gasteiger partial charge in [0.25, 0.3) is 0 Å². The standard InChI is InChI=1S/C73H80O11/c1-43(40-75)56-28-20-44-18-21-46(22-19-44)57-29-26-49(48-13-10-15-54(36-48)73-33-9-8-14-53(73)27-25-47-12-5-7-17-62(47)73)35-52(57)38-64(77)81-68-66-63(31-30-59-61(41-76)65(71(79)82-67(59)66)51(32-34-74)42-80-3)84-72(2,69(68)83-70(56)78)55-37-50-24-23-45-11-4-6-16-58(45)60(50)39-55/h4-7,10-13,15-19,21-24,30-31,36,49-53,55,57,60,68-69,74-76H,8-9,14,20,25-29,32-35,37-42H2,1-3H3. The molecule has 3 N–H and O–H groups in total. The summed E-state index contributed by atoms with van der Waals surface area (Å²) < 4.78 is 33.5. The van der Waals surface area contributed by atoms with E-state index in [-0.39, 0.29) is 96.7 Å². The summed E-state index contributed by atoms with van der Waals surface area (Å²) in [5.74, 6) is -0.665. The van der Waals surface area contributed by atoms with Gasteiger partial charge in [0.15, 0.2) is 12.2 Å². The monoisotopic (exact) mass is 1130 g/mol. The smallest absolute Gasteiger partial charge is 0.340 e. The Balaban J connectivity index is 0.938. The lowest BCUT2D eigenvalue weighted by Crippen LogP contribution is -2.58. The van der Waals surface area contributed by atoms with Gasteiger partial charge in [-0.25, -0.2) is 9.59 Å². The quantitative estimate of drug-likeness (QED) is 0.0680. The number of fused-ring (bicyclic) bond motifs is 17. The van der Waals surface area contributed by atoms with E-state index in [1.807, 2.05) is 6.92 Å². The van der Waals surface area contributed by atoms with E-state index in [2.05, 4.69) is 109 Å². The molecule has 6 aromatic rings. The molecule has 0 spiro atoms. The number of carbonyl (C=O) groups excluding carboxylic acids is 2. The number of methoxy groups -OCH3 is 1. The molecule has 5 aliphatic carbocycles. The zero-order valence-electron chi connectivity index (χ0n) is 48.9. The minimum atomic E-state index is -1.35. The zero-order chi connectivity index (χ0) is 57.9. The van der Waals surface area contributed by atoms with E-state index in [9.17, 15) is 20.1 Å². The number of rotatable bonds is 10. The van der Waals surface area contributed by atoms with Gasteiger partial charge < -0.3 is 38.7 Å². The molecule has 12 unspecified atom stereocenters. The average molecular weight is 1130 g/mol. The van der Waals surface area contributed by atoms with Crippen LogP contribution in [0.3, 0.4) is 0 Å². The summed E-state index contributed by atoms with van der Waals surface area (Å²) in [7, 11) is 1.52. The van der Waals surface area contributed by atoms with Crippen LogP contribution in [0.4, 0.5) is 0 Å². The number of ether oxygens (including phenoxy) is 4. The SMILES string of the molecule is COCC(CCO)c1c(CO)c2ccc3c(c2oc1=O)C1OC(=O)CC2CC(c4cccc(C56CCCCC5CCc5ccccc56)c4)CCC2c2ccc(cc2)CCC(=C(C)CO)C(=O)OC1C(C)(C1CC2C=Cc4ccccc4C2C1)O3. The third-order valence-electron chi connectivity index (χ3n) is 21.6. The van der Waals surface area contributed by atoms with E-state index in [0.717, 1.165) is 43.2 Å². The van der Waals surface area contributed by atoms with Crippen LogP contribution in [0.2, 0.25) is 0 Å². The van der Waals surface area contributed by atoms with Crippen molar-refractivity contribution >= 4 is 29.0 Å². The van der Waals surface area contributed by atoms with Crippen LogP contribution in [-0.2, 0) is 48.7 Å². The molecule has 14 rings (SSSR count). The lowest BCUT2D eigenvalue weighted by Gasteiger charge is -2.49. The van der Waals surface area contributed by atoms with Gasteiger partial charge in [-0.1, -0.05) is 122 Å². The third-order valence-corrected chi connectivity index (χ3v) is 21.6. The Morgan fingerprint density at radius 3 is 2.44 bits per heavy atom. The van der Waals surface area contributed by atoms with Crippen molar-refractivity contribution in [3.05, 3.63) is 198 Å². The molecule has 438 valence electrons. The van der Waals surface area contributed by atoms with Crippen molar-refractivity contribution in [2.24, 2.45) is 23.7 Å². The van der Waals surface area contributed by atoms with E-state index in [1.165, 1.54) is 66.2 Å². The highest BCUT2D eigenvalue weighted by molar-refractivity contribution is 5.90. The first-order valence-electron chi connectivity index (χ1n) is 31.2. The highest BCUT2D eigenvalue weighted by Gasteiger charge is 2.59. The molecule has 0 radical (unpaired) electrons. The van der Waals surface area contributed by atoms with E-state index in [4.69, 9.17) is 23.4 Å². The molecule has 8 aliphatic rings. The van der Waals surface area contributed by atoms with E-state index in [1.54, 1.807) is 19.1 Å². The van der Waals surface area contributed by atoms with Gasteiger partial charge in [-0.05, 0) is 194 Å². The van der Waals surface area contributed by atoms with Crippen LogP contribution < -0.4 is 10.4 Å². The van der Waals surface area contributed by atoms with Crippen LogP contribution in [-0.4, -0.2) is 65.9 Å². The van der Waals surface area contributed by atoms with Gasteiger partial charge in [-0.15, -0.1) is 0 Å². The van der Waals surface area contributed by atoms with Crippen molar-refractivity contribution < 1.29 is 48.3 Å². The fourth-order valence-corrected chi connectivity index (χ4v) is 17.4.